The van der Waals surface area contributed by atoms with E-state index in [1.165, 1.54) is 39.8 Å². The minimum atomic E-state index is -5.15. The van der Waals surface area contributed by atoms with Gasteiger partial charge in [0.15, 0.2) is 5.69 Å². The molecule has 0 saturated carbocycles. The van der Waals surface area contributed by atoms with Crippen LogP contribution in [0, 0.1) is 0 Å². The topological polar surface area (TPSA) is 129 Å². The fraction of sp³-hybridized carbons (Fsp3) is 0.441. The second kappa shape index (κ2) is 16.9. The summed E-state index contributed by atoms with van der Waals surface area (Å²) in [4.78, 5) is 30.3. The molecule has 3 rings (SSSR count). The Balaban J connectivity index is 2.31. The van der Waals surface area contributed by atoms with Crippen LogP contribution in [0.15, 0.2) is 66.1 Å². The van der Waals surface area contributed by atoms with Crippen molar-refractivity contribution >= 4 is 23.6 Å². The summed E-state index contributed by atoms with van der Waals surface area (Å²) in [5, 5.41) is 9.54. The van der Waals surface area contributed by atoms with Gasteiger partial charge in [-0.15, -0.1) is 23.4 Å². The number of esters is 1. The van der Waals surface area contributed by atoms with Crippen LogP contribution >= 0.6 is 0 Å². The van der Waals surface area contributed by atoms with Gasteiger partial charge in [-0.05, 0) is 58.6 Å². The number of benzene rings is 1. The van der Waals surface area contributed by atoms with E-state index in [-0.39, 0.29) is 26.0 Å². The number of carbonyl (C=O) groups excluding carboxylic acids is 2. The van der Waals surface area contributed by atoms with E-state index >= 15 is 13.2 Å². The Morgan fingerprint density at radius 2 is 1.67 bits per heavy atom. The van der Waals surface area contributed by atoms with E-state index < -0.39 is 89.7 Å². The average molecular weight is 728 g/mol. The van der Waals surface area contributed by atoms with Crippen LogP contribution in [0.25, 0.3) is 11.6 Å². The molecule has 1 unspecified atom stereocenters. The molecule has 17 heteroatoms. The van der Waals surface area contributed by atoms with E-state index in [2.05, 4.69) is 33.7 Å². The fourth-order valence-electron chi connectivity index (χ4n) is 4.65. The van der Waals surface area contributed by atoms with Gasteiger partial charge in [-0.1, -0.05) is 42.5 Å². The summed E-state index contributed by atoms with van der Waals surface area (Å²) in [7, 11) is 0. The van der Waals surface area contributed by atoms with Crippen LogP contribution in [-0.4, -0.2) is 58.7 Å². The van der Waals surface area contributed by atoms with E-state index in [0.717, 1.165) is 4.90 Å². The van der Waals surface area contributed by atoms with Gasteiger partial charge in [-0.2, -0.15) is 26.3 Å². The number of halogens is 6. The Morgan fingerprint density at radius 3 is 2.24 bits per heavy atom. The van der Waals surface area contributed by atoms with Crippen LogP contribution in [0.1, 0.15) is 64.0 Å². The molecule has 0 fully saturated rings. The zero-order chi connectivity index (χ0) is 38.0. The van der Waals surface area contributed by atoms with Crippen molar-refractivity contribution in [2.45, 2.75) is 77.1 Å². The van der Waals surface area contributed by atoms with E-state index in [1.807, 2.05) is 0 Å². The van der Waals surface area contributed by atoms with Crippen LogP contribution < -0.4 is 10.2 Å². The summed E-state index contributed by atoms with van der Waals surface area (Å²) in [5.41, 5.74) is -6.66. The van der Waals surface area contributed by atoms with Gasteiger partial charge in [0, 0.05) is 6.54 Å². The number of amides is 1. The maximum absolute atomic E-state index is 15.0. The smallest absolute Gasteiger partial charge is 0.426 e. The molecule has 11 nitrogen and oxygen atoms in total. The Kier molecular flexibility index (Phi) is 13.4. The molecule has 51 heavy (non-hydrogen) atoms. The van der Waals surface area contributed by atoms with Crippen LogP contribution in [0.3, 0.4) is 0 Å². The number of aromatic nitrogens is 3. The van der Waals surface area contributed by atoms with Crippen LogP contribution in [0.4, 0.5) is 42.6 Å². The quantitative estimate of drug-likeness (QED) is 0.0873. The van der Waals surface area contributed by atoms with Gasteiger partial charge in [0.25, 0.3) is 11.8 Å². The highest BCUT2D eigenvalue weighted by Crippen LogP contribution is 2.47. The molecule has 1 N–H and O–H groups in total. The lowest BCUT2D eigenvalue weighted by atomic mass is 9.96. The van der Waals surface area contributed by atoms with Crippen molar-refractivity contribution in [2.75, 3.05) is 29.9 Å². The zero-order valence-electron chi connectivity index (χ0n) is 28.5. The molecule has 0 aliphatic heterocycles. The summed E-state index contributed by atoms with van der Waals surface area (Å²) in [6.07, 6.45) is -9.73. The van der Waals surface area contributed by atoms with Crippen molar-refractivity contribution in [1.29, 1.82) is 0 Å². The number of hydrogen-bond donors (Lipinski definition) is 1. The van der Waals surface area contributed by atoms with E-state index in [0.29, 0.717) is 11.6 Å². The number of ether oxygens (including phenoxy) is 3. The second-order valence-electron chi connectivity index (χ2n) is 12.0. The van der Waals surface area contributed by atoms with Gasteiger partial charge >= 0.3 is 24.4 Å². The Morgan fingerprint density at radius 1 is 1.00 bits per heavy atom. The third-order valence-corrected chi connectivity index (χ3v) is 6.93. The first-order valence-corrected chi connectivity index (χ1v) is 15.7. The lowest BCUT2D eigenvalue weighted by molar-refractivity contribution is -0.299. The van der Waals surface area contributed by atoms with Gasteiger partial charge < -0.3 is 23.5 Å². The monoisotopic (exact) mass is 727 g/mol. The van der Waals surface area contributed by atoms with Crippen molar-refractivity contribution in [3.05, 3.63) is 78.7 Å². The number of anilines is 2. The predicted octanol–water partition coefficient (Wildman–Crippen LogP) is 8.38. The highest BCUT2D eigenvalue weighted by Gasteiger charge is 2.61. The van der Waals surface area contributed by atoms with Gasteiger partial charge in [-0.25, -0.2) is 9.78 Å². The number of hydrogen-bond acceptors (Lipinski definition) is 10. The van der Waals surface area contributed by atoms with Gasteiger partial charge in [0.1, 0.15) is 23.5 Å². The van der Waals surface area contributed by atoms with Crippen molar-refractivity contribution in [1.82, 2.24) is 15.2 Å². The third kappa shape index (κ3) is 10.8. The molecule has 0 saturated heterocycles. The Hall–Kier alpha value is -4.93. The standard InChI is InChI=1S/C34H39F6N5O6/c1-7-10-17-32(34(38,39)40,49-21-22-15-13-12-14-16-22)29-44-43-28(50-29)26-24(41-30(47)51-31(4,5)6)19-23(33(35,36)37)27(42-26)45(18-11-8-2)20-25(46)48-9-3/h7-8,12-16,19H,1-2,9-11,17-18,20-21H2,3-6H3,(H,41,47). The molecular formula is C34H39F6N5O6. The molecule has 2 heterocycles. The van der Waals surface area contributed by atoms with Gasteiger partial charge in [0.05, 0.1) is 18.9 Å². The Labute approximate surface area is 290 Å². The number of nitrogens with one attached hydrogen (secondary N) is 1. The lowest BCUT2D eigenvalue weighted by Gasteiger charge is -2.32. The average Bonchev–Trinajstić information content (AvgIpc) is 3.52. The molecule has 1 aromatic carbocycles. The van der Waals surface area contributed by atoms with Crippen molar-refractivity contribution in [2.24, 2.45) is 0 Å². The summed E-state index contributed by atoms with van der Waals surface area (Å²) < 4.78 is 110. The maximum Gasteiger partial charge on any atom is 0.426 e. The zero-order valence-corrected chi connectivity index (χ0v) is 28.5. The lowest BCUT2D eigenvalue weighted by Crippen LogP contribution is -2.45. The van der Waals surface area contributed by atoms with Crippen molar-refractivity contribution < 1.29 is 54.6 Å². The van der Waals surface area contributed by atoms with Gasteiger partial charge in [-0.3, -0.25) is 10.1 Å². The van der Waals surface area contributed by atoms with Crippen LogP contribution in [0.5, 0.6) is 0 Å². The predicted molar refractivity (Wildman–Crippen MR) is 174 cm³/mol. The normalized spacial score (nSPS) is 13.2. The largest absolute Gasteiger partial charge is 0.465 e. The molecule has 0 aliphatic rings. The molecule has 0 aliphatic carbocycles. The van der Waals surface area contributed by atoms with E-state index in [4.69, 9.17) is 18.6 Å². The summed E-state index contributed by atoms with van der Waals surface area (Å²) in [6.45, 7) is 11.6. The summed E-state index contributed by atoms with van der Waals surface area (Å²) >= 11 is 0. The number of nitrogens with zero attached hydrogens (tertiary/aromatic N) is 4. The molecular weight excluding hydrogens is 688 g/mol. The first kappa shape index (κ1) is 40.5. The fourth-order valence-corrected chi connectivity index (χ4v) is 4.65. The number of pyridine rings is 1. The minimum absolute atomic E-state index is 0.0679. The first-order valence-electron chi connectivity index (χ1n) is 15.7. The highest BCUT2D eigenvalue weighted by molar-refractivity contribution is 5.90. The number of allylic oxidation sites excluding steroid dienone is 1. The third-order valence-electron chi connectivity index (χ3n) is 6.93. The molecule has 0 bridgehead atoms. The number of rotatable bonds is 16. The minimum Gasteiger partial charge on any atom is -0.465 e. The second-order valence-corrected chi connectivity index (χ2v) is 12.0. The molecule has 3 aromatic rings. The molecule has 0 spiro atoms. The van der Waals surface area contributed by atoms with Gasteiger partial charge in [0.2, 0.25) is 5.60 Å². The van der Waals surface area contributed by atoms with Crippen LogP contribution in [-0.2, 0) is 37.4 Å². The van der Waals surface area contributed by atoms with Crippen molar-refractivity contribution in [3.63, 3.8) is 0 Å². The summed E-state index contributed by atoms with van der Waals surface area (Å²) in [6, 6.07) is 8.46. The number of alkyl halides is 6. The first-order chi connectivity index (χ1) is 23.8. The number of carbonyl (C=O) groups is 2. The molecule has 1 amide bonds. The van der Waals surface area contributed by atoms with Crippen LogP contribution in [0.2, 0.25) is 0 Å². The SMILES string of the molecule is C=CCCN(CC(=O)OCC)c1nc(-c2nnc(C(CCC=C)(OCc3ccccc3)C(F)(F)F)o2)c(NC(=O)OC(C)(C)C)cc1C(F)(F)F. The van der Waals surface area contributed by atoms with Crippen molar-refractivity contribution in [3.8, 4) is 11.6 Å². The Bertz CT molecular complexity index is 1660. The molecule has 2 aromatic heterocycles. The molecule has 278 valence electrons. The van der Waals surface area contributed by atoms with E-state index in [1.54, 1.807) is 30.3 Å². The highest BCUT2D eigenvalue weighted by atomic mass is 19.4. The molecule has 0 radical (unpaired) electrons. The maximum atomic E-state index is 15.0. The molecule has 1 atom stereocenters. The summed E-state index contributed by atoms with van der Waals surface area (Å²) in [5.74, 6) is -3.61. The van der Waals surface area contributed by atoms with E-state index in [9.17, 15) is 22.8 Å².